The number of esters is 1. The maximum absolute atomic E-state index is 12.9. The Labute approximate surface area is 141 Å². The summed E-state index contributed by atoms with van der Waals surface area (Å²) in [5.41, 5.74) is 1.39. The number of benzene rings is 1. The third-order valence-corrected chi connectivity index (χ3v) is 4.20. The van der Waals surface area contributed by atoms with Gasteiger partial charge in [0.1, 0.15) is 11.5 Å². The van der Waals surface area contributed by atoms with Gasteiger partial charge in [-0.1, -0.05) is 18.2 Å². The van der Waals surface area contributed by atoms with E-state index in [1.807, 2.05) is 45.0 Å². The zero-order valence-electron chi connectivity index (χ0n) is 14.1. The van der Waals surface area contributed by atoms with E-state index in [1.165, 1.54) is 0 Å². The first-order valence-corrected chi connectivity index (χ1v) is 8.10. The predicted molar refractivity (Wildman–Crippen MR) is 88.5 cm³/mol. The summed E-state index contributed by atoms with van der Waals surface area (Å²) in [6.07, 6.45) is -0.382. The van der Waals surface area contributed by atoms with E-state index in [0.717, 1.165) is 17.1 Å². The number of hydrogen-bond donors (Lipinski definition) is 0. The number of aryl methyl sites for hydroxylation is 1. The van der Waals surface area contributed by atoms with Crippen molar-refractivity contribution in [2.24, 2.45) is 0 Å². The van der Waals surface area contributed by atoms with Crippen molar-refractivity contribution in [3.8, 4) is 0 Å². The van der Waals surface area contributed by atoms with E-state index < -0.39 is 12.1 Å². The lowest BCUT2D eigenvalue weighted by atomic mass is 9.98. The number of amides is 1. The minimum absolute atomic E-state index is 0.0289. The second kappa shape index (κ2) is 6.51. The minimum Gasteiger partial charge on any atom is -0.464 e. The Balaban J connectivity index is 1.80. The number of ether oxygens (including phenoxy) is 1. The van der Waals surface area contributed by atoms with E-state index in [-0.39, 0.29) is 11.9 Å². The summed E-state index contributed by atoms with van der Waals surface area (Å²) in [5.74, 6) is 0.894. The molecule has 0 aliphatic carbocycles. The van der Waals surface area contributed by atoms with Crippen molar-refractivity contribution < 1.29 is 18.7 Å². The second-order valence-corrected chi connectivity index (χ2v) is 6.33. The van der Waals surface area contributed by atoms with Crippen LogP contribution in [0.25, 0.3) is 0 Å². The van der Waals surface area contributed by atoms with Gasteiger partial charge in [-0.05, 0) is 44.5 Å². The molecule has 2 aromatic rings. The number of carbonyl (C=O) groups excluding carboxylic acids is 2. The average Bonchev–Trinajstić information content (AvgIpc) is 2.97. The second-order valence-electron chi connectivity index (χ2n) is 6.33. The van der Waals surface area contributed by atoms with Gasteiger partial charge in [0.05, 0.1) is 12.1 Å². The maximum Gasteiger partial charge on any atom is 0.339 e. The highest BCUT2D eigenvalue weighted by Crippen LogP contribution is 2.23. The lowest BCUT2D eigenvalue weighted by Crippen LogP contribution is -2.46. The molecule has 24 heavy (non-hydrogen) atoms. The zero-order chi connectivity index (χ0) is 17.3. The van der Waals surface area contributed by atoms with Crippen LogP contribution in [0.15, 0.2) is 40.8 Å². The van der Waals surface area contributed by atoms with Gasteiger partial charge in [0.2, 0.25) is 0 Å². The molecule has 1 atom stereocenters. The van der Waals surface area contributed by atoms with E-state index in [4.69, 9.17) is 9.15 Å². The van der Waals surface area contributed by atoms with Crippen LogP contribution in [0.2, 0.25) is 0 Å². The van der Waals surface area contributed by atoms with Crippen LogP contribution in [0.3, 0.4) is 0 Å². The summed E-state index contributed by atoms with van der Waals surface area (Å²) in [4.78, 5) is 26.7. The Morgan fingerprint density at radius 1 is 1.25 bits per heavy atom. The molecule has 0 unspecified atom stereocenters. The van der Waals surface area contributed by atoms with E-state index in [9.17, 15) is 9.59 Å². The van der Waals surface area contributed by atoms with Crippen molar-refractivity contribution >= 4 is 11.9 Å². The van der Waals surface area contributed by atoms with Crippen molar-refractivity contribution in [2.45, 2.75) is 45.9 Å². The van der Waals surface area contributed by atoms with Gasteiger partial charge < -0.3 is 14.1 Å². The monoisotopic (exact) mass is 327 g/mol. The van der Waals surface area contributed by atoms with Crippen molar-refractivity contribution in [2.75, 3.05) is 0 Å². The molecule has 126 valence electrons. The Hall–Kier alpha value is -2.56. The largest absolute Gasteiger partial charge is 0.464 e. The molecule has 1 amide bonds. The molecule has 1 aromatic carbocycles. The van der Waals surface area contributed by atoms with Crippen LogP contribution in [0.4, 0.5) is 0 Å². The highest BCUT2D eigenvalue weighted by Gasteiger charge is 2.34. The molecule has 2 heterocycles. The van der Waals surface area contributed by atoms with Crippen LogP contribution < -0.4 is 0 Å². The topological polar surface area (TPSA) is 59.8 Å². The summed E-state index contributed by atoms with van der Waals surface area (Å²) in [6.45, 7) is 6.10. The SMILES string of the molecule is Cc1ccc(CN(C(=O)[C@@H]2Cc3ccccc3C(=O)O2)C(C)C)o1. The predicted octanol–water partition coefficient (Wildman–Crippen LogP) is 3.11. The molecule has 0 saturated carbocycles. The summed E-state index contributed by atoms with van der Waals surface area (Å²) >= 11 is 0. The third-order valence-electron chi connectivity index (χ3n) is 4.20. The summed E-state index contributed by atoms with van der Waals surface area (Å²) in [6, 6.07) is 11.0. The molecule has 0 bridgehead atoms. The van der Waals surface area contributed by atoms with Gasteiger partial charge in [0.25, 0.3) is 5.91 Å². The molecule has 1 aliphatic rings. The minimum atomic E-state index is -0.786. The van der Waals surface area contributed by atoms with Crippen molar-refractivity contribution in [3.05, 3.63) is 59.0 Å². The number of carbonyl (C=O) groups is 2. The number of furan rings is 1. The molecular weight excluding hydrogens is 306 g/mol. The number of nitrogens with zero attached hydrogens (tertiary/aromatic N) is 1. The molecule has 5 nitrogen and oxygen atoms in total. The highest BCUT2D eigenvalue weighted by molar-refractivity contribution is 5.95. The molecular formula is C19H21NO4. The smallest absolute Gasteiger partial charge is 0.339 e. The molecule has 3 rings (SSSR count). The Kier molecular flexibility index (Phi) is 4.42. The van der Waals surface area contributed by atoms with Crippen LogP contribution in [-0.4, -0.2) is 28.9 Å². The van der Waals surface area contributed by atoms with Crippen molar-refractivity contribution in [3.63, 3.8) is 0 Å². The van der Waals surface area contributed by atoms with Gasteiger partial charge in [0, 0.05) is 12.5 Å². The lowest BCUT2D eigenvalue weighted by Gasteiger charge is -2.31. The fraction of sp³-hybridized carbons (Fsp3) is 0.368. The number of fused-ring (bicyclic) bond motifs is 1. The van der Waals surface area contributed by atoms with Gasteiger partial charge in [-0.15, -0.1) is 0 Å². The maximum atomic E-state index is 12.9. The molecule has 0 N–H and O–H groups in total. The van der Waals surface area contributed by atoms with Gasteiger partial charge >= 0.3 is 5.97 Å². The van der Waals surface area contributed by atoms with Crippen LogP contribution in [-0.2, 0) is 22.5 Å². The molecule has 1 aromatic heterocycles. The van der Waals surface area contributed by atoms with Crippen LogP contribution >= 0.6 is 0 Å². The molecule has 0 fully saturated rings. The van der Waals surface area contributed by atoms with Crippen molar-refractivity contribution in [1.82, 2.24) is 4.90 Å². The van der Waals surface area contributed by atoms with E-state index >= 15 is 0 Å². The van der Waals surface area contributed by atoms with Crippen molar-refractivity contribution in [1.29, 1.82) is 0 Å². The average molecular weight is 327 g/mol. The fourth-order valence-electron chi connectivity index (χ4n) is 2.91. The first kappa shape index (κ1) is 16.3. The van der Waals surface area contributed by atoms with Gasteiger partial charge in [-0.3, -0.25) is 4.79 Å². The number of cyclic esters (lactones) is 1. The van der Waals surface area contributed by atoms with Crippen LogP contribution in [0.1, 0.15) is 41.3 Å². The summed E-state index contributed by atoms with van der Waals surface area (Å²) < 4.78 is 11.0. The molecule has 0 radical (unpaired) electrons. The van der Waals surface area contributed by atoms with Gasteiger partial charge in [0.15, 0.2) is 6.10 Å². The zero-order valence-corrected chi connectivity index (χ0v) is 14.1. The molecule has 0 saturated heterocycles. The van der Waals surface area contributed by atoms with Gasteiger partial charge in [-0.25, -0.2) is 4.79 Å². The fourth-order valence-corrected chi connectivity index (χ4v) is 2.91. The van der Waals surface area contributed by atoms with Crippen LogP contribution in [0.5, 0.6) is 0 Å². The van der Waals surface area contributed by atoms with Crippen LogP contribution in [0, 0.1) is 6.92 Å². The van der Waals surface area contributed by atoms with E-state index in [1.54, 1.807) is 17.0 Å². The molecule has 5 heteroatoms. The van der Waals surface area contributed by atoms with E-state index in [2.05, 4.69) is 0 Å². The van der Waals surface area contributed by atoms with E-state index in [0.29, 0.717) is 18.5 Å². The standard InChI is InChI=1S/C19H21NO4/c1-12(2)20(11-15-9-8-13(3)23-15)18(21)17-10-14-6-4-5-7-16(14)19(22)24-17/h4-9,12,17H,10-11H2,1-3H3/t17-/m0/s1. The lowest BCUT2D eigenvalue weighted by molar-refractivity contribution is -0.143. The molecule has 1 aliphatic heterocycles. The summed E-state index contributed by atoms with van der Waals surface area (Å²) in [5, 5.41) is 0. The Morgan fingerprint density at radius 2 is 2.00 bits per heavy atom. The molecule has 0 spiro atoms. The number of hydrogen-bond acceptors (Lipinski definition) is 4. The number of rotatable bonds is 4. The normalized spacial score (nSPS) is 16.7. The first-order valence-electron chi connectivity index (χ1n) is 8.10. The summed E-state index contributed by atoms with van der Waals surface area (Å²) in [7, 11) is 0. The first-order chi connectivity index (χ1) is 11.5. The quantitative estimate of drug-likeness (QED) is 0.810. The Bertz CT molecular complexity index is 762. The third kappa shape index (κ3) is 3.20. The Morgan fingerprint density at radius 3 is 2.67 bits per heavy atom. The van der Waals surface area contributed by atoms with Gasteiger partial charge in [-0.2, -0.15) is 0 Å². The highest BCUT2D eigenvalue weighted by atomic mass is 16.5.